The molecule has 2 aliphatic heterocycles. The van der Waals surface area contributed by atoms with E-state index in [-0.39, 0.29) is 16.2 Å². The molecule has 1 fully saturated rings. The number of rotatable bonds is 5. The summed E-state index contributed by atoms with van der Waals surface area (Å²) in [5.74, 6) is -0.800. The number of methoxy groups -OCH3 is 1. The lowest BCUT2D eigenvalue weighted by molar-refractivity contribution is -0.123. The van der Waals surface area contributed by atoms with Gasteiger partial charge in [-0.1, -0.05) is 18.2 Å². The Morgan fingerprint density at radius 1 is 1.06 bits per heavy atom. The monoisotopic (exact) mass is 457 g/mol. The summed E-state index contributed by atoms with van der Waals surface area (Å²) < 4.78 is 34.1. The Kier molecular flexibility index (Phi) is 6.10. The molecule has 0 saturated carbocycles. The van der Waals surface area contributed by atoms with E-state index in [1.807, 2.05) is 18.2 Å². The van der Waals surface area contributed by atoms with Crippen LogP contribution in [0.4, 0.5) is 5.69 Å². The van der Waals surface area contributed by atoms with Crippen LogP contribution in [0, 0.1) is 0 Å². The van der Waals surface area contributed by atoms with Crippen molar-refractivity contribution in [1.82, 2.24) is 4.90 Å². The van der Waals surface area contributed by atoms with E-state index >= 15 is 0 Å². The topological polar surface area (TPSA) is 110 Å². The van der Waals surface area contributed by atoms with Gasteiger partial charge < -0.3 is 15.4 Å². The normalized spacial score (nSPS) is 18.7. The van der Waals surface area contributed by atoms with Gasteiger partial charge in [-0.15, -0.1) is 0 Å². The van der Waals surface area contributed by atoms with E-state index in [4.69, 9.17) is 10.5 Å². The molecule has 8 nitrogen and oxygen atoms in total. The van der Waals surface area contributed by atoms with Crippen molar-refractivity contribution in [3.8, 4) is 5.75 Å². The molecule has 0 unspecified atom stereocenters. The molecule has 0 radical (unpaired) electrons. The molecule has 0 bridgehead atoms. The van der Waals surface area contributed by atoms with Crippen LogP contribution in [0.3, 0.4) is 0 Å². The highest BCUT2D eigenvalue weighted by atomic mass is 32.2. The molecule has 170 valence electrons. The van der Waals surface area contributed by atoms with Crippen LogP contribution < -0.4 is 14.8 Å². The number of para-hydroxylation sites is 1. The van der Waals surface area contributed by atoms with Gasteiger partial charge >= 0.3 is 0 Å². The molecule has 0 aliphatic carbocycles. The quantitative estimate of drug-likeness (QED) is 0.741. The van der Waals surface area contributed by atoms with E-state index in [1.54, 1.807) is 6.07 Å². The van der Waals surface area contributed by atoms with Crippen LogP contribution in [0.2, 0.25) is 0 Å². The number of likely N-dealkylation sites (tertiary alicyclic amines) is 1. The average molecular weight is 458 g/mol. The Balaban J connectivity index is 1.75. The SMILES string of the molecule is COc1ccc(C(=O)N2CCCC[C@H]2C(N)=O)cc1S(=O)(=O)N1CCCc2ccccc21. The lowest BCUT2D eigenvalue weighted by Gasteiger charge is -2.34. The number of piperidine rings is 1. The Morgan fingerprint density at radius 3 is 2.59 bits per heavy atom. The summed E-state index contributed by atoms with van der Waals surface area (Å²) in [7, 11) is -2.59. The minimum atomic E-state index is -3.99. The number of anilines is 1. The van der Waals surface area contributed by atoms with E-state index in [0.717, 1.165) is 24.8 Å². The second kappa shape index (κ2) is 8.82. The summed E-state index contributed by atoms with van der Waals surface area (Å²) in [5.41, 5.74) is 7.29. The van der Waals surface area contributed by atoms with Crippen molar-refractivity contribution in [2.75, 3.05) is 24.5 Å². The molecule has 4 rings (SSSR count). The zero-order valence-electron chi connectivity index (χ0n) is 18.0. The molecule has 9 heteroatoms. The molecule has 0 aromatic heterocycles. The third-order valence-electron chi connectivity index (χ3n) is 6.14. The van der Waals surface area contributed by atoms with Crippen molar-refractivity contribution in [3.63, 3.8) is 0 Å². The number of carbonyl (C=O) groups excluding carboxylic acids is 2. The van der Waals surface area contributed by atoms with Crippen LogP contribution in [0.15, 0.2) is 47.4 Å². The van der Waals surface area contributed by atoms with Crippen molar-refractivity contribution in [2.24, 2.45) is 5.73 Å². The molecule has 32 heavy (non-hydrogen) atoms. The first-order valence-corrected chi connectivity index (χ1v) is 12.2. The fourth-order valence-electron chi connectivity index (χ4n) is 4.52. The molecule has 1 saturated heterocycles. The zero-order chi connectivity index (χ0) is 22.9. The molecule has 2 aliphatic rings. The van der Waals surface area contributed by atoms with Gasteiger partial charge in [0.2, 0.25) is 5.91 Å². The Bertz CT molecular complexity index is 1150. The van der Waals surface area contributed by atoms with E-state index in [9.17, 15) is 18.0 Å². The largest absolute Gasteiger partial charge is 0.495 e. The third kappa shape index (κ3) is 3.92. The number of ether oxygens (including phenoxy) is 1. The summed E-state index contributed by atoms with van der Waals surface area (Å²) >= 11 is 0. The third-order valence-corrected chi connectivity index (χ3v) is 7.97. The first-order valence-electron chi connectivity index (χ1n) is 10.7. The lowest BCUT2D eigenvalue weighted by Crippen LogP contribution is -2.50. The van der Waals surface area contributed by atoms with Crippen LogP contribution in [0.1, 0.15) is 41.6 Å². The number of sulfonamides is 1. The maximum Gasteiger partial charge on any atom is 0.268 e. The van der Waals surface area contributed by atoms with Crippen LogP contribution >= 0.6 is 0 Å². The van der Waals surface area contributed by atoms with Gasteiger partial charge in [-0.2, -0.15) is 0 Å². The molecule has 2 amide bonds. The van der Waals surface area contributed by atoms with Crippen LogP contribution in [-0.2, 0) is 21.2 Å². The lowest BCUT2D eigenvalue weighted by atomic mass is 10.0. The molecule has 2 aromatic carbocycles. The molecule has 2 heterocycles. The van der Waals surface area contributed by atoms with Gasteiger partial charge in [-0.05, 0) is 61.9 Å². The van der Waals surface area contributed by atoms with Crippen molar-refractivity contribution in [3.05, 3.63) is 53.6 Å². The number of nitrogens with zero attached hydrogens (tertiary/aromatic N) is 2. The maximum absolute atomic E-state index is 13.7. The van der Waals surface area contributed by atoms with Crippen molar-refractivity contribution >= 4 is 27.5 Å². The summed E-state index contributed by atoms with van der Waals surface area (Å²) in [5, 5.41) is 0. The molecular formula is C23H27N3O5S. The molecule has 2 N–H and O–H groups in total. The van der Waals surface area contributed by atoms with E-state index in [2.05, 4.69) is 0 Å². The number of amides is 2. The van der Waals surface area contributed by atoms with Crippen LogP contribution in [0.25, 0.3) is 0 Å². The summed E-state index contributed by atoms with van der Waals surface area (Å²) in [6.45, 7) is 0.747. The van der Waals surface area contributed by atoms with Crippen molar-refractivity contribution in [1.29, 1.82) is 0 Å². The van der Waals surface area contributed by atoms with Gasteiger partial charge in [0.1, 0.15) is 16.7 Å². The van der Waals surface area contributed by atoms with Gasteiger partial charge in [0.25, 0.3) is 15.9 Å². The van der Waals surface area contributed by atoms with Crippen LogP contribution in [0.5, 0.6) is 5.75 Å². The highest BCUT2D eigenvalue weighted by Gasteiger charge is 2.34. The predicted octanol–water partition coefficient (Wildman–Crippen LogP) is 2.32. The smallest absolute Gasteiger partial charge is 0.268 e. The van der Waals surface area contributed by atoms with Gasteiger partial charge in [0.15, 0.2) is 0 Å². The standard InChI is InChI=1S/C23H27N3O5S/c1-31-20-12-11-17(23(28)25-13-5-4-10-19(25)22(24)27)15-21(20)32(29,30)26-14-6-8-16-7-2-3-9-18(16)26/h2-3,7,9,11-12,15,19H,4-6,8,10,13-14H2,1H3,(H2,24,27)/t19-/m0/s1. The Labute approximate surface area is 188 Å². The van der Waals surface area contributed by atoms with Crippen LogP contribution in [-0.4, -0.2) is 51.4 Å². The maximum atomic E-state index is 13.7. The molecule has 1 atom stereocenters. The molecule has 0 spiro atoms. The van der Waals surface area contributed by atoms with Gasteiger partial charge in [-0.3, -0.25) is 13.9 Å². The summed E-state index contributed by atoms with van der Waals surface area (Å²) in [6, 6.07) is 11.1. The number of fused-ring (bicyclic) bond motifs is 1. The number of hydrogen-bond acceptors (Lipinski definition) is 5. The first-order chi connectivity index (χ1) is 15.3. The predicted molar refractivity (Wildman–Crippen MR) is 120 cm³/mol. The summed E-state index contributed by atoms with van der Waals surface area (Å²) in [4.78, 5) is 26.5. The molecular weight excluding hydrogens is 430 g/mol. The number of aryl methyl sites for hydroxylation is 1. The number of primary amides is 1. The Morgan fingerprint density at radius 2 is 1.84 bits per heavy atom. The minimum absolute atomic E-state index is 0.0739. The zero-order valence-corrected chi connectivity index (χ0v) is 18.8. The van der Waals surface area contributed by atoms with E-state index in [1.165, 1.54) is 34.5 Å². The van der Waals surface area contributed by atoms with Gasteiger partial charge in [-0.25, -0.2) is 8.42 Å². The second-order valence-electron chi connectivity index (χ2n) is 8.09. The van der Waals surface area contributed by atoms with Gasteiger partial charge in [0, 0.05) is 18.7 Å². The highest BCUT2D eigenvalue weighted by molar-refractivity contribution is 7.93. The number of carbonyl (C=O) groups is 2. The van der Waals surface area contributed by atoms with E-state index < -0.39 is 27.9 Å². The fourth-order valence-corrected chi connectivity index (χ4v) is 6.24. The molecule has 2 aromatic rings. The Hall–Kier alpha value is -3.07. The number of benzene rings is 2. The average Bonchev–Trinajstić information content (AvgIpc) is 2.82. The fraction of sp³-hybridized carbons (Fsp3) is 0.391. The van der Waals surface area contributed by atoms with Crippen molar-refractivity contribution < 1.29 is 22.7 Å². The first kappa shape index (κ1) is 22.1. The number of hydrogen-bond donors (Lipinski definition) is 1. The van der Waals surface area contributed by atoms with Crippen molar-refractivity contribution in [2.45, 2.75) is 43.0 Å². The van der Waals surface area contributed by atoms with Gasteiger partial charge in [0.05, 0.1) is 12.8 Å². The summed E-state index contributed by atoms with van der Waals surface area (Å²) in [6.07, 6.45) is 3.59. The second-order valence-corrected chi connectivity index (χ2v) is 9.92. The van der Waals surface area contributed by atoms with E-state index in [0.29, 0.717) is 31.6 Å². The minimum Gasteiger partial charge on any atom is -0.495 e. The highest BCUT2D eigenvalue weighted by Crippen LogP contribution is 2.35. The number of nitrogens with two attached hydrogens (primary N) is 1.